The van der Waals surface area contributed by atoms with Crippen LogP contribution in [0.5, 0.6) is 0 Å². The molecule has 0 radical (unpaired) electrons. The zero-order valence-corrected chi connectivity index (χ0v) is 20.3. The Balaban J connectivity index is 1.87. The molecule has 0 saturated carbocycles. The number of hydrogen-bond donors (Lipinski definition) is 7. The molecule has 3 heterocycles. The number of anilines is 1. The molecule has 36 heavy (non-hydrogen) atoms. The highest BCUT2D eigenvalue weighted by atomic mass is 31.3. The van der Waals surface area contributed by atoms with Crippen molar-refractivity contribution in [3.8, 4) is 0 Å². The zero-order chi connectivity index (χ0) is 26.9. The predicted octanol–water partition coefficient (Wildman–Crippen LogP) is -0.774. The van der Waals surface area contributed by atoms with E-state index >= 15 is 0 Å². The molecule has 8 N–H and O–H groups in total. The van der Waals surface area contributed by atoms with Crippen LogP contribution in [0.1, 0.15) is 6.42 Å². The number of azide groups is 1. The first kappa shape index (κ1) is 28.5. The first-order valence-electron chi connectivity index (χ1n) is 9.38. The molecule has 0 aromatic carbocycles. The molecular formula is C12H19N8O13P3. The Bertz CT molecular complexity index is 1310. The predicted molar refractivity (Wildman–Crippen MR) is 113 cm³/mol. The summed E-state index contributed by atoms with van der Waals surface area (Å²) in [5.74, 6) is -0.0267. The van der Waals surface area contributed by atoms with E-state index in [1.165, 1.54) is 4.57 Å². The number of aromatic nitrogens is 4. The third-order valence-electron chi connectivity index (χ3n) is 4.74. The number of ether oxygens (including phenoxy) is 1. The summed E-state index contributed by atoms with van der Waals surface area (Å²) in [4.78, 5) is 50.5. The number of hydrogen-bond acceptors (Lipinski definition) is 14. The molecule has 1 aliphatic rings. The van der Waals surface area contributed by atoms with Gasteiger partial charge in [-0.1, -0.05) is 5.11 Å². The summed E-state index contributed by atoms with van der Waals surface area (Å²) in [5.41, 5.74) is 12.6. The Kier molecular flexibility index (Phi) is 8.22. The van der Waals surface area contributed by atoms with Crippen LogP contribution in [-0.2, 0) is 37.3 Å². The Morgan fingerprint density at radius 2 is 1.86 bits per heavy atom. The van der Waals surface area contributed by atoms with Gasteiger partial charge in [0.05, 0.1) is 12.9 Å². The van der Waals surface area contributed by atoms with E-state index in [9.17, 15) is 33.7 Å². The molecule has 1 saturated heterocycles. The molecule has 1 aliphatic heterocycles. The Morgan fingerprint density at radius 1 is 1.17 bits per heavy atom. The van der Waals surface area contributed by atoms with Crippen LogP contribution < -0.4 is 5.73 Å². The number of aliphatic hydroxyl groups excluding tert-OH is 2. The highest BCUT2D eigenvalue weighted by Gasteiger charge is 2.56. The third kappa shape index (κ3) is 6.25. The van der Waals surface area contributed by atoms with Crippen LogP contribution in [0.2, 0.25) is 0 Å². The normalized spacial score (nSPS) is 27.9. The quantitative estimate of drug-likeness (QED) is 0.0746. The molecule has 200 valence electrons. The van der Waals surface area contributed by atoms with Gasteiger partial charge in [0.25, 0.3) is 0 Å². The SMILES string of the molecule is [N-]=[N+]=NCC[C@@]1(n2cnc3c(N)ncnc32)O[C@H](COP(=O)(O)OP(=O)(O)OP(=O)(O)O)[C@@H](O)[C@H]1O. The van der Waals surface area contributed by atoms with Crippen LogP contribution in [0.25, 0.3) is 21.6 Å². The van der Waals surface area contributed by atoms with Crippen LogP contribution in [0.3, 0.4) is 0 Å². The lowest BCUT2D eigenvalue weighted by atomic mass is 9.99. The minimum atomic E-state index is -5.78. The van der Waals surface area contributed by atoms with Crippen LogP contribution in [0.4, 0.5) is 5.82 Å². The molecule has 3 rings (SSSR count). The van der Waals surface area contributed by atoms with Crippen molar-refractivity contribution in [3.05, 3.63) is 23.1 Å². The van der Waals surface area contributed by atoms with Crippen molar-refractivity contribution in [2.24, 2.45) is 5.11 Å². The third-order valence-corrected chi connectivity index (χ3v) is 8.55. The fourth-order valence-electron chi connectivity index (χ4n) is 3.39. The molecule has 0 amide bonds. The van der Waals surface area contributed by atoms with Crippen molar-refractivity contribution in [3.63, 3.8) is 0 Å². The molecular weight excluding hydrogens is 557 g/mol. The van der Waals surface area contributed by atoms with Gasteiger partial charge >= 0.3 is 23.5 Å². The summed E-state index contributed by atoms with van der Waals surface area (Å²) in [6, 6.07) is 0. The van der Waals surface area contributed by atoms with Crippen molar-refractivity contribution in [1.82, 2.24) is 19.5 Å². The monoisotopic (exact) mass is 576 g/mol. The molecule has 21 nitrogen and oxygen atoms in total. The lowest BCUT2D eigenvalue weighted by Crippen LogP contribution is -2.46. The number of nitrogen functional groups attached to an aromatic ring is 1. The van der Waals surface area contributed by atoms with Crippen LogP contribution in [0.15, 0.2) is 17.8 Å². The maximum atomic E-state index is 12.0. The van der Waals surface area contributed by atoms with E-state index in [2.05, 4.69) is 38.1 Å². The van der Waals surface area contributed by atoms with Gasteiger partial charge in [0.15, 0.2) is 17.2 Å². The van der Waals surface area contributed by atoms with E-state index in [0.29, 0.717) is 0 Å². The Labute approximate surface area is 199 Å². The molecule has 6 atom stereocenters. The summed E-state index contributed by atoms with van der Waals surface area (Å²) in [6.07, 6.45) is -3.31. The molecule has 1 fully saturated rings. The molecule has 0 aliphatic carbocycles. The molecule has 2 aromatic rings. The second-order valence-electron chi connectivity index (χ2n) is 7.07. The molecule has 2 unspecified atom stereocenters. The van der Waals surface area contributed by atoms with Crippen molar-refractivity contribution < 1.29 is 61.4 Å². The van der Waals surface area contributed by atoms with E-state index in [1.54, 1.807) is 0 Å². The summed E-state index contributed by atoms with van der Waals surface area (Å²) in [6.45, 7) is -1.34. The average molecular weight is 576 g/mol. The number of rotatable bonds is 11. The number of phosphoric ester groups is 1. The van der Waals surface area contributed by atoms with Crippen molar-refractivity contribution in [2.75, 3.05) is 18.9 Å². The van der Waals surface area contributed by atoms with Gasteiger partial charge in [-0.15, -0.1) is 0 Å². The first-order chi connectivity index (χ1) is 16.6. The smallest absolute Gasteiger partial charge is 0.387 e. The largest absolute Gasteiger partial charge is 0.490 e. The molecule has 2 aromatic heterocycles. The summed E-state index contributed by atoms with van der Waals surface area (Å²) in [7, 11) is -16.9. The van der Waals surface area contributed by atoms with E-state index in [1.807, 2.05) is 0 Å². The van der Waals surface area contributed by atoms with Crippen LogP contribution in [0, 0.1) is 0 Å². The highest BCUT2D eigenvalue weighted by Crippen LogP contribution is 2.66. The van der Waals surface area contributed by atoms with Gasteiger partial charge in [-0.2, -0.15) is 8.62 Å². The van der Waals surface area contributed by atoms with Gasteiger partial charge in [-0.25, -0.2) is 28.6 Å². The van der Waals surface area contributed by atoms with E-state index < -0.39 is 54.1 Å². The summed E-state index contributed by atoms with van der Waals surface area (Å²) in [5, 5.41) is 24.8. The highest BCUT2D eigenvalue weighted by molar-refractivity contribution is 7.66. The van der Waals surface area contributed by atoms with E-state index in [0.717, 1.165) is 12.7 Å². The van der Waals surface area contributed by atoms with Gasteiger partial charge in [-0.05, 0) is 5.53 Å². The number of nitrogens with zero attached hydrogens (tertiary/aromatic N) is 7. The van der Waals surface area contributed by atoms with Gasteiger partial charge in [-0.3, -0.25) is 9.09 Å². The van der Waals surface area contributed by atoms with Gasteiger partial charge in [0.1, 0.15) is 30.2 Å². The number of phosphoric acid groups is 3. The maximum absolute atomic E-state index is 12.0. The van der Waals surface area contributed by atoms with Gasteiger partial charge in [0, 0.05) is 17.9 Å². The maximum Gasteiger partial charge on any atom is 0.490 e. The van der Waals surface area contributed by atoms with E-state index in [-0.39, 0.29) is 29.9 Å². The minimum absolute atomic E-state index is 0.0267. The second kappa shape index (κ2) is 10.4. The summed E-state index contributed by atoms with van der Waals surface area (Å²) >= 11 is 0. The Morgan fingerprint density at radius 3 is 2.50 bits per heavy atom. The fraction of sp³-hybridized carbons (Fsp3) is 0.583. The van der Waals surface area contributed by atoms with Crippen molar-refractivity contribution in [1.29, 1.82) is 0 Å². The summed E-state index contributed by atoms with van der Waals surface area (Å²) < 4.78 is 52.9. The minimum Gasteiger partial charge on any atom is -0.387 e. The molecule has 24 heteroatoms. The van der Waals surface area contributed by atoms with E-state index in [4.69, 9.17) is 25.8 Å². The molecule has 0 bridgehead atoms. The number of aliphatic hydroxyl groups is 2. The number of nitrogens with two attached hydrogens (primary N) is 1. The van der Waals surface area contributed by atoms with Gasteiger partial charge in [0.2, 0.25) is 0 Å². The standard InChI is InChI=1S/C12H19N8O13P3/c13-10-7-11(16-4-15-10)20(5-17-7)12(1-2-18-19-14)9(22)8(21)6(31-12)3-30-35(26,27)33-36(28,29)32-34(23,24)25/h4-6,8-9,21-22H,1-3H2,(H,26,27)(H,28,29)(H2,13,15,16)(H2,23,24,25)/t6-,8-,9-,12-/m1/s1. The van der Waals surface area contributed by atoms with Crippen LogP contribution >= 0.6 is 23.5 Å². The number of fused-ring (bicyclic) bond motifs is 1. The number of imidazole rings is 1. The molecule has 0 spiro atoms. The first-order valence-corrected chi connectivity index (χ1v) is 13.9. The fourth-order valence-corrected chi connectivity index (χ4v) is 6.42. The van der Waals surface area contributed by atoms with Gasteiger partial charge < -0.3 is 40.3 Å². The second-order valence-corrected chi connectivity index (χ2v) is 11.5. The van der Waals surface area contributed by atoms with Crippen molar-refractivity contribution >= 4 is 40.4 Å². The van der Waals surface area contributed by atoms with Crippen LogP contribution in [-0.4, -0.2) is 80.8 Å². The Hall–Kier alpha value is -2.05. The van der Waals surface area contributed by atoms with Crippen molar-refractivity contribution in [2.45, 2.75) is 30.5 Å². The topological polar surface area (TPSA) is 328 Å². The lowest BCUT2D eigenvalue weighted by Gasteiger charge is -2.33. The average Bonchev–Trinajstić information content (AvgIpc) is 3.27. The zero-order valence-electron chi connectivity index (χ0n) is 17.6. The lowest BCUT2D eigenvalue weighted by molar-refractivity contribution is -0.148.